The van der Waals surface area contributed by atoms with Gasteiger partial charge in [0, 0.05) is 36.7 Å². The third-order valence-electron chi connectivity index (χ3n) is 4.54. The van der Waals surface area contributed by atoms with Gasteiger partial charge >= 0.3 is 0 Å². The molecule has 1 fully saturated rings. The highest BCUT2D eigenvalue weighted by Gasteiger charge is 2.34. The molecule has 0 spiro atoms. The number of rotatable bonds is 5. The van der Waals surface area contributed by atoms with Gasteiger partial charge in [-0.2, -0.15) is 4.31 Å². The molecular formula is C18H18BrN3O5S. The summed E-state index contributed by atoms with van der Waals surface area (Å²) in [7, 11) is -4.00. The maximum Gasteiger partial charge on any atom is 0.289 e. The number of carbonyl (C=O) groups excluding carboxylic acids is 1. The van der Waals surface area contributed by atoms with Gasteiger partial charge in [0.25, 0.3) is 5.69 Å². The Morgan fingerprint density at radius 3 is 2.25 bits per heavy atom. The normalized spacial score (nSPS) is 15.4. The zero-order valence-electron chi connectivity index (χ0n) is 14.8. The van der Waals surface area contributed by atoms with E-state index in [1.807, 2.05) is 24.3 Å². The zero-order chi connectivity index (χ0) is 20.3. The molecule has 1 amide bonds. The fourth-order valence-electron chi connectivity index (χ4n) is 3.03. The van der Waals surface area contributed by atoms with Crippen LogP contribution in [-0.4, -0.2) is 54.6 Å². The number of nitrogens with zero attached hydrogens (tertiary/aromatic N) is 3. The van der Waals surface area contributed by atoms with Crippen molar-refractivity contribution in [3.63, 3.8) is 0 Å². The van der Waals surface area contributed by atoms with E-state index >= 15 is 0 Å². The van der Waals surface area contributed by atoms with Crippen LogP contribution in [0.15, 0.2) is 57.9 Å². The summed E-state index contributed by atoms with van der Waals surface area (Å²) in [5.41, 5.74) is 0.430. The van der Waals surface area contributed by atoms with Crippen LogP contribution < -0.4 is 0 Å². The Morgan fingerprint density at radius 1 is 1.04 bits per heavy atom. The molecule has 10 heteroatoms. The van der Waals surface area contributed by atoms with Crippen LogP contribution in [0.25, 0.3) is 0 Å². The van der Waals surface area contributed by atoms with E-state index in [2.05, 4.69) is 15.9 Å². The summed E-state index contributed by atoms with van der Waals surface area (Å²) in [5, 5.41) is 11.2. The molecule has 0 N–H and O–H groups in total. The molecule has 0 radical (unpaired) electrons. The number of nitro groups is 1. The molecule has 0 bridgehead atoms. The van der Waals surface area contributed by atoms with Crippen molar-refractivity contribution in [3.8, 4) is 0 Å². The average molecular weight is 468 g/mol. The van der Waals surface area contributed by atoms with Crippen molar-refractivity contribution in [2.75, 3.05) is 26.2 Å². The molecule has 1 saturated heterocycles. The summed E-state index contributed by atoms with van der Waals surface area (Å²) in [6, 6.07) is 12.7. The molecule has 8 nitrogen and oxygen atoms in total. The van der Waals surface area contributed by atoms with Crippen molar-refractivity contribution in [3.05, 3.63) is 68.7 Å². The van der Waals surface area contributed by atoms with Gasteiger partial charge in [0.2, 0.25) is 15.9 Å². The van der Waals surface area contributed by atoms with Gasteiger partial charge in [0.1, 0.15) is 0 Å². The highest BCUT2D eigenvalue weighted by Crippen LogP contribution is 2.27. The second-order valence-corrected chi connectivity index (χ2v) is 9.13. The van der Waals surface area contributed by atoms with Crippen LogP contribution in [-0.2, 0) is 21.2 Å². The van der Waals surface area contributed by atoms with Crippen molar-refractivity contribution in [1.29, 1.82) is 0 Å². The van der Waals surface area contributed by atoms with Crippen LogP contribution in [0.4, 0.5) is 5.69 Å². The highest BCUT2D eigenvalue weighted by atomic mass is 79.9. The maximum absolute atomic E-state index is 12.8. The van der Waals surface area contributed by atoms with E-state index in [4.69, 9.17) is 0 Å². The van der Waals surface area contributed by atoms with Crippen LogP contribution in [0.1, 0.15) is 5.56 Å². The summed E-state index contributed by atoms with van der Waals surface area (Å²) < 4.78 is 27.8. The summed E-state index contributed by atoms with van der Waals surface area (Å²) in [5.74, 6) is -0.0786. The Bertz CT molecular complexity index is 987. The van der Waals surface area contributed by atoms with Gasteiger partial charge in [0.05, 0.1) is 11.3 Å². The Morgan fingerprint density at radius 2 is 1.64 bits per heavy atom. The quantitative estimate of drug-likeness (QED) is 0.496. The second-order valence-electron chi connectivity index (χ2n) is 6.31. The van der Waals surface area contributed by atoms with E-state index in [0.29, 0.717) is 0 Å². The lowest BCUT2D eigenvalue weighted by Crippen LogP contribution is -2.50. The molecule has 148 valence electrons. The molecular weight excluding hydrogens is 450 g/mol. The lowest BCUT2D eigenvalue weighted by atomic mass is 10.1. The summed E-state index contributed by atoms with van der Waals surface area (Å²) in [6.07, 6.45) is 0.240. The Balaban J connectivity index is 1.67. The van der Waals surface area contributed by atoms with Gasteiger partial charge in [-0.1, -0.05) is 40.2 Å². The van der Waals surface area contributed by atoms with Gasteiger partial charge in [-0.15, -0.1) is 0 Å². The third-order valence-corrected chi connectivity index (χ3v) is 7.01. The van der Waals surface area contributed by atoms with E-state index in [1.165, 1.54) is 28.6 Å². The fourth-order valence-corrected chi connectivity index (χ4v) is 4.88. The predicted octanol–water partition coefficient (Wildman–Crippen LogP) is 2.43. The Labute approximate surface area is 171 Å². The number of para-hydroxylation sites is 1. The van der Waals surface area contributed by atoms with E-state index in [-0.39, 0.29) is 43.4 Å². The van der Waals surface area contributed by atoms with Crippen LogP contribution in [0.3, 0.4) is 0 Å². The van der Waals surface area contributed by atoms with E-state index in [9.17, 15) is 23.3 Å². The first kappa shape index (κ1) is 20.4. The Kier molecular flexibility index (Phi) is 6.11. The minimum absolute atomic E-state index is 0.0786. The van der Waals surface area contributed by atoms with Crippen molar-refractivity contribution in [1.82, 2.24) is 9.21 Å². The minimum atomic E-state index is -4.00. The van der Waals surface area contributed by atoms with Crippen molar-refractivity contribution >= 4 is 37.5 Å². The molecule has 2 aromatic rings. The minimum Gasteiger partial charge on any atom is -0.340 e. The van der Waals surface area contributed by atoms with Gasteiger partial charge < -0.3 is 4.90 Å². The largest absolute Gasteiger partial charge is 0.340 e. The molecule has 0 aliphatic carbocycles. The average Bonchev–Trinajstić information content (AvgIpc) is 2.69. The molecule has 3 rings (SSSR count). The standard InChI is InChI=1S/C18H18BrN3O5S/c19-15-7-5-14(6-8-15)13-18(23)20-9-11-21(12-10-20)28(26,27)17-4-2-1-3-16(17)22(24)25/h1-8H,9-13H2. The molecule has 0 saturated carbocycles. The van der Waals surface area contributed by atoms with Gasteiger partial charge in [-0.05, 0) is 23.8 Å². The van der Waals surface area contributed by atoms with Crippen molar-refractivity contribution in [2.24, 2.45) is 0 Å². The van der Waals surface area contributed by atoms with Gasteiger partial charge in [0.15, 0.2) is 4.90 Å². The summed E-state index contributed by atoms with van der Waals surface area (Å²) in [6.45, 7) is 0.686. The first-order valence-corrected chi connectivity index (χ1v) is 10.8. The van der Waals surface area contributed by atoms with E-state index < -0.39 is 20.6 Å². The lowest BCUT2D eigenvalue weighted by molar-refractivity contribution is -0.387. The molecule has 1 aliphatic heterocycles. The van der Waals surface area contributed by atoms with Crippen LogP contribution in [0.2, 0.25) is 0 Å². The number of nitro benzene ring substituents is 1. The topological polar surface area (TPSA) is 101 Å². The van der Waals surface area contributed by atoms with Crippen molar-refractivity contribution in [2.45, 2.75) is 11.3 Å². The number of hydrogen-bond acceptors (Lipinski definition) is 5. The fraction of sp³-hybridized carbons (Fsp3) is 0.278. The smallest absolute Gasteiger partial charge is 0.289 e. The number of hydrogen-bond donors (Lipinski definition) is 0. The third kappa shape index (κ3) is 4.40. The number of carbonyl (C=O) groups is 1. The van der Waals surface area contributed by atoms with Gasteiger partial charge in [-0.3, -0.25) is 14.9 Å². The number of halogens is 1. The number of piperazine rings is 1. The number of benzene rings is 2. The van der Waals surface area contributed by atoms with Crippen molar-refractivity contribution < 1.29 is 18.1 Å². The highest BCUT2D eigenvalue weighted by molar-refractivity contribution is 9.10. The van der Waals surface area contributed by atoms with Crippen LogP contribution >= 0.6 is 15.9 Å². The zero-order valence-corrected chi connectivity index (χ0v) is 17.2. The van der Waals surface area contributed by atoms with Gasteiger partial charge in [-0.25, -0.2) is 8.42 Å². The second kappa shape index (κ2) is 8.38. The first-order valence-electron chi connectivity index (χ1n) is 8.55. The maximum atomic E-state index is 12.8. The molecule has 0 aromatic heterocycles. The number of sulfonamides is 1. The monoisotopic (exact) mass is 467 g/mol. The Hall–Kier alpha value is -2.30. The molecule has 0 atom stereocenters. The van der Waals surface area contributed by atoms with Crippen LogP contribution in [0.5, 0.6) is 0 Å². The molecule has 1 heterocycles. The molecule has 1 aliphatic rings. The summed E-state index contributed by atoms with van der Waals surface area (Å²) >= 11 is 3.35. The molecule has 0 unspecified atom stereocenters. The SMILES string of the molecule is O=C(Cc1ccc(Br)cc1)N1CCN(S(=O)(=O)c2ccccc2[N+](=O)[O-])CC1. The van der Waals surface area contributed by atoms with E-state index in [0.717, 1.165) is 10.0 Å². The number of amides is 1. The lowest BCUT2D eigenvalue weighted by Gasteiger charge is -2.34. The molecule has 2 aromatic carbocycles. The first-order chi connectivity index (χ1) is 13.3. The summed E-state index contributed by atoms with van der Waals surface area (Å²) in [4.78, 5) is 24.2. The predicted molar refractivity (Wildman–Crippen MR) is 106 cm³/mol. The molecule has 28 heavy (non-hydrogen) atoms. The van der Waals surface area contributed by atoms with E-state index in [1.54, 1.807) is 4.90 Å². The van der Waals surface area contributed by atoms with Crippen LogP contribution in [0, 0.1) is 10.1 Å².